The van der Waals surface area contributed by atoms with E-state index in [0.29, 0.717) is 5.56 Å². The molecule has 5 nitrogen and oxygen atoms in total. The van der Waals surface area contributed by atoms with E-state index in [1.54, 1.807) is 0 Å². The Morgan fingerprint density at radius 1 is 0.383 bits per heavy atom. The summed E-state index contributed by atoms with van der Waals surface area (Å²) < 4.78 is 18.1. The van der Waals surface area contributed by atoms with E-state index < -0.39 is 0 Å². The van der Waals surface area contributed by atoms with Crippen molar-refractivity contribution < 1.29 is 8.83 Å². The summed E-state index contributed by atoms with van der Waals surface area (Å²) in [4.78, 5) is 0. The topological polar surface area (TPSA) is 59.9 Å². The van der Waals surface area contributed by atoms with Crippen molar-refractivity contribution in [2.45, 2.75) is 0 Å². The molecular formula is C55H31N3O2. The summed E-state index contributed by atoms with van der Waals surface area (Å²) in [5.41, 5.74) is 14.2. The van der Waals surface area contributed by atoms with E-state index in [2.05, 4.69) is 155 Å². The van der Waals surface area contributed by atoms with Gasteiger partial charge in [0.1, 0.15) is 22.3 Å². The molecular weight excluding hydrogens is 735 g/mol. The van der Waals surface area contributed by atoms with Gasteiger partial charge in [0.05, 0.1) is 50.2 Å². The fraction of sp³-hybridized carbons (Fsp3) is 0. The molecule has 0 bridgehead atoms. The number of aromatic nitrogens is 2. The van der Waals surface area contributed by atoms with Gasteiger partial charge in [0.25, 0.3) is 0 Å². The van der Waals surface area contributed by atoms with Crippen LogP contribution in [0.4, 0.5) is 0 Å². The highest BCUT2D eigenvalue weighted by Gasteiger charge is 2.23. The Hall–Kier alpha value is -8.33. The maximum atomic E-state index is 10.6. The van der Waals surface area contributed by atoms with Gasteiger partial charge in [-0.05, 0) is 83.4 Å². The van der Waals surface area contributed by atoms with E-state index >= 15 is 0 Å². The van der Waals surface area contributed by atoms with Crippen LogP contribution in [-0.4, -0.2) is 9.13 Å². The minimum Gasteiger partial charge on any atom is -0.455 e. The molecule has 0 saturated carbocycles. The molecule has 0 saturated heterocycles. The van der Waals surface area contributed by atoms with Crippen molar-refractivity contribution in [2.75, 3.05) is 0 Å². The van der Waals surface area contributed by atoms with Crippen LogP contribution in [0, 0.1) is 11.3 Å². The molecule has 0 spiro atoms. The first-order chi connectivity index (χ1) is 29.7. The van der Waals surface area contributed by atoms with Crippen LogP contribution in [0.1, 0.15) is 5.56 Å². The quantitative estimate of drug-likeness (QED) is 0.179. The first-order valence-electron chi connectivity index (χ1n) is 20.1. The Kier molecular flexibility index (Phi) is 6.73. The molecule has 4 heterocycles. The minimum absolute atomic E-state index is 0.622. The van der Waals surface area contributed by atoms with Crippen molar-refractivity contribution in [3.8, 4) is 39.7 Å². The first kappa shape index (κ1) is 32.7. The van der Waals surface area contributed by atoms with Crippen LogP contribution < -0.4 is 0 Å². The van der Waals surface area contributed by atoms with Crippen molar-refractivity contribution in [1.29, 1.82) is 5.26 Å². The second-order valence-corrected chi connectivity index (χ2v) is 15.5. The highest BCUT2D eigenvalue weighted by atomic mass is 16.3. The molecule has 0 radical (unpaired) electrons. The van der Waals surface area contributed by atoms with Gasteiger partial charge >= 0.3 is 0 Å². The highest BCUT2D eigenvalue weighted by molar-refractivity contribution is 6.25. The lowest BCUT2D eigenvalue weighted by Gasteiger charge is -2.18. The molecule has 13 aromatic rings. The molecule has 0 unspecified atom stereocenters. The molecule has 0 aliphatic carbocycles. The Balaban J connectivity index is 1.14. The Labute approximate surface area is 342 Å². The zero-order valence-corrected chi connectivity index (χ0v) is 32.1. The number of rotatable bonds is 4. The Bertz CT molecular complexity index is 3960. The molecule has 278 valence electrons. The molecule has 5 heteroatoms. The van der Waals surface area contributed by atoms with E-state index in [1.165, 1.54) is 0 Å². The van der Waals surface area contributed by atoms with Crippen LogP contribution in [0.3, 0.4) is 0 Å². The number of benzene rings is 9. The van der Waals surface area contributed by atoms with Crippen molar-refractivity contribution in [3.63, 3.8) is 0 Å². The van der Waals surface area contributed by atoms with Crippen molar-refractivity contribution >= 4 is 87.5 Å². The molecule has 0 atom stereocenters. The Morgan fingerprint density at radius 2 is 0.917 bits per heavy atom. The fourth-order valence-electron chi connectivity index (χ4n) is 9.77. The lowest BCUT2D eigenvalue weighted by atomic mass is 9.94. The zero-order chi connectivity index (χ0) is 39.5. The van der Waals surface area contributed by atoms with Gasteiger partial charge in [-0.15, -0.1) is 0 Å². The van der Waals surface area contributed by atoms with E-state index in [0.717, 1.165) is 121 Å². The first-order valence-corrected chi connectivity index (χ1v) is 20.1. The third-order valence-electron chi connectivity index (χ3n) is 12.4. The maximum absolute atomic E-state index is 10.6. The van der Waals surface area contributed by atoms with Crippen LogP contribution in [0.25, 0.3) is 121 Å². The van der Waals surface area contributed by atoms with E-state index in [4.69, 9.17) is 8.83 Å². The van der Waals surface area contributed by atoms with Gasteiger partial charge in [-0.25, -0.2) is 0 Å². The normalized spacial score (nSPS) is 12.0. The molecule has 13 rings (SSSR count). The van der Waals surface area contributed by atoms with Crippen molar-refractivity contribution in [3.05, 3.63) is 194 Å². The van der Waals surface area contributed by atoms with Gasteiger partial charge in [-0.2, -0.15) is 5.26 Å². The second kappa shape index (κ2) is 12.3. The monoisotopic (exact) mass is 765 g/mol. The lowest BCUT2D eigenvalue weighted by molar-refractivity contribution is 0.672. The maximum Gasteiger partial charge on any atom is 0.145 e. The van der Waals surface area contributed by atoms with Gasteiger partial charge in [0.2, 0.25) is 0 Å². The van der Waals surface area contributed by atoms with E-state index in [1.807, 2.05) is 48.5 Å². The molecule has 4 aromatic heterocycles. The smallest absolute Gasteiger partial charge is 0.145 e. The van der Waals surface area contributed by atoms with Crippen molar-refractivity contribution in [1.82, 2.24) is 9.13 Å². The van der Waals surface area contributed by atoms with Gasteiger partial charge in [-0.1, -0.05) is 121 Å². The molecule has 9 aromatic carbocycles. The lowest BCUT2D eigenvalue weighted by Crippen LogP contribution is -2.01. The standard InChI is InChI=1S/C55H31N3O2/c56-32-35-30-34(22-24-37(35)33-12-2-1-3-13-33)38-25-23-36(57-45-18-8-4-16-43(45)52-47(57)28-26-41-39-14-6-10-20-50(39)59-54(41)52)31-49(38)58-46-19-9-5-17-44(46)53-48(58)29-27-42-40-15-7-11-21-51(40)60-55(42)53/h1-31H. The SMILES string of the molecule is N#Cc1cc(-c2ccc(-n3c4ccccc4c4c5oc6ccccc6c5ccc43)cc2-n2c3ccccc3c3c4oc5ccccc5c4ccc32)ccc1-c1ccccc1. The second-order valence-electron chi connectivity index (χ2n) is 15.5. The summed E-state index contributed by atoms with van der Waals surface area (Å²) in [6.45, 7) is 0. The Morgan fingerprint density at radius 3 is 1.55 bits per heavy atom. The summed E-state index contributed by atoms with van der Waals surface area (Å²) in [5.74, 6) is 0. The number of para-hydroxylation sites is 4. The number of nitrogens with zero attached hydrogens (tertiary/aromatic N) is 3. The van der Waals surface area contributed by atoms with Gasteiger partial charge < -0.3 is 18.0 Å². The summed E-state index contributed by atoms with van der Waals surface area (Å²) in [6, 6.07) is 68.2. The van der Waals surface area contributed by atoms with Crippen LogP contribution in [-0.2, 0) is 0 Å². The van der Waals surface area contributed by atoms with E-state index in [9.17, 15) is 5.26 Å². The molecule has 0 aliphatic rings. The number of furan rings is 2. The third-order valence-corrected chi connectivity index (χ3v) is 12.4. The summed E-state index contributed by atoms with van der Waals surface area (Å²) >= 11 is 0. The van der Waals surface area contributed by atoms with Crippen LogP contribution in [0.5, 0.6) is 0 Å². The predicted octanol–water partition coefficient (Wildman–Crippen LogP) is 14.9. The molecule has 0 aliphatic heterocycles. The number of fused-ring (bicyclic) bond motifs is 14. The van der Waals surface area contributed by atoms with Crippen LogP contribution in [0.15, 0.2) is 197 Å². The number of hydrogen-bond donors (Lipinski definition) is 0. The van der Waals surface area contributed by atoms with Gasteiger partial charge in [0, 0.05) is 43.6 Å². The summed E-state index contributed by atoms with van der Waals surface area (Å²) in [7, 11) is 0. The average Bonchev–Trinajstić information content (AvgIpc) is 4.06. The summed E-state index contributed by atoms with van der Waals surface area (Å²) in [5, 5.41) is 19.4. The number of hydrogen-bond acceptors (Lipinski definition) is 3. The molecule has 60 heavy (non-hydrogen) atoms. The average molecular weight is 766 g/mol. The van der Waals surface area contributed by atoms with Crippen LogP contribution >= 0.6 is 0 Å². The fourth-order valence-corrected chi connectivity index (χ4v) is 9.77. The summed E-state index contributed by atoms with van der Waals surface area (Å²) in [6.07, 6.45) is 0. The molecule has 0 N–H and O–H groups in total. The molecule has 0 fully saturated rings. The zero-order valence-electron chi connectivity index (χ0n) is 32.1. The predicted molar refractivity (Wildman–Crippen MR) is 245 cm³/mol. The largest absolute Gasteiger partial charge is 0.455 e. The van der Waals surface area contributed by atoms with Crippen LogP contribution in [0.2, 0.25) is 0 Å². The highest BCUT2D eigenvalue weighted by Crippen LogP contribution is 2.45. The minimum atomic E-state index is 0.622. The van der Waals surface area contributed by atoms with E-state index in [-0.39, 0.29) is 0 Å². The van der Waals surface area contributed by atoms with Crippen molar-refractivity contribution in [2.24, 2.45) is 0 Å². The van der Waals surface area contributed by atoms with Gasteiger partial charge in [-0.3, -0.25) is 0 Å². The molecule has 0 amide bonds. The third kappa shape index (κ3) is 4.50. The number of nitriles is 1. The van der Waals surface area contributed by atoms with Gasteiger partial charge in [0.15, 0.2) is 0 Å².